The number of likely N-dealkylation sites (tertiary alicyclic amines) is 1. The molecule has 6 nitrogen and oxygen atoms in total. The van der Waals surface area contributed by atoms with Gasteiger partial charge in [0.05, 0.1) is 23.0 Å². The van der Waals surface area contributed by atoms with Gasteiger partial charge in [0.2, 0.25) is 5.91 Å². The average molecular weight is 336 g/mol. The minimum Gasteiger partial charge on any atom is -0.341 e. The van der Waals surface area contributed by atoms with Gasteiger partial charge in [-0.05, 0) is 38.3 Å². The number of Topliss-reactive ketones (excluding diaryl/α,β-unsaturated/α-hetero) is 1. The molecular formula is C19H20N4O2. The first-order valence-electron chi connectivity index (χ1n) is 8.46. The number of piperidine rings is 1. The number of aryl methyl sites for hydroxylation is 1. The molecule has 0 bridgehead atoms. The Morgan fingerprint density at radius 2 is 1.84 bits per heavy atom. The lowest BCUT2D eigenvalue weighted by molar-refractivity contribution is -0.133. The second-order valence-corrected chi connectivity index (χ2v) is 6.22. The van der Waals surface area contributed by atoms with Crippen LogP contribution in [0.2, 0.25) is 0 Å². The summed E-state index contributed by atoms with van der Waals surface area (Å²) in [6.07, 6.45) is 4.52. The first-order valence-corrected chi connectivity index (χ1v) is 8.46. The van der Waals surface area contributed by atoms with Crippen molar-refractivity contribution < 1.29 is 9.59 Å². The topological polar surface area (TPSA) is 79.0 Å². The second-order valence-electron chi connectivity index (χ2n) is 6.22. The third-order valence-corrected chi connectivity index (χ3v) is 4.49. The number of rotatable bonds is 4. The number of nitrogens with zero attached hydrogens (tertiary/aromatic N) is 4. The summed E-state index contributed by atoms with van der Waals surface area (Å²) >= 11 is 0. The summed E-state index contributed by atoms with van der Waals surface area (Å²) in [6, 6.07) is 11.3. The minimum absolute atomic E-state index is 0.320. The molecule has 3 rings (SSSR count). The molecule has 2 heterocycles. The Morgan fingerprint density at radius 3 is 2.48 bits per heavy atom. The SMILES string of the molecule is Cc1nn(-c2ccccc2)cc1C(=O)C(C#N)C(=O)N1CCCCC1. The van der Waals surface area contributed by atoms with E-state index in [9.17, 15) is 14.9 Å². The van der Waals surface area contributed by atoms with Gasteiger partial charge in [-0.3, -0.25) is 9.59 Å². The van der Waals surface area contributed by atoms with E-state index in [2.05, 4.69) is 5.10 Å². The molecule has 25 heavy (non-hydrogen) atoms. The molecule has 1 atom stereocenters. The van der Waals surface area contributed by atoms with Crippen molar-refractivity contribution in [1.29, 1.82) is 5.26 Å². The number of ketones is 1. The van der Waals surface area contributed by atoms with Gasteiger partial charge in [0.25, 0.3) is 0 Å². The zero-order valence-electron chi connectivity index (χ0n) is 14.2. The fourth-order valence-corrected chi connectivity index (χ4v) is 3.09. The van der Waals surface area contributed by atoms with Gasteiger partial charge in [0.15, 0.2) is 11.7 Å². The Balaban J connectivity index is 1.85. The highest BCUT2D eigenvalue weighted by molar-refractivity contribution is 6.12. The van der Waals surface area contributed by atoms with Crippen LogP contribution in [0.4, 0.5) is 0 Å². The molecule has 0 saturated carbocycles. The molecule has 1 saturated heterocycles. The number of carbonyl (C=O) groups is 2. The number of amides is 1. The largest absolute Gasteiger partial charge is 0.341 e. The molecule has 0 radical (unpaired) electrons. The fourth-order valence-electron chi connectivity index (χ4n) is 3.09. The van der Waals surface area contributed by atoms with E-state index in [1.807, 2.05) is 36.4 Å². The first-order chi connectivity index (χ1) is 12.1. The van der Waals surface area contributed by atoms with Crippen LogP contribution in [0.25, 0.3) is 5.69 Å². The summed E-state index contributed by atoms with van der Waals surface area (Å²) in [7, 11) is 0. The van der Waals surface area contributed by atoms with Crippen molar-refractivity contribution in [3.63, 3.8) is 0 Å². The van der Waals surface area contributed by atoms with Crippen LogP contribution in [0, 0.1) is 24.2 Å². The number of para-hydroxylation sites is 1. The smallest absolute Gasteiger partial charge is 0.247 e. The van der Waals surface area contributed by atoms with E-state index in [1.165, 1.54) is 0 Å². The predicted molar refractivity (Wildman–Crippen MR) is 92.2 cm³/mol. The molecule has 6 heteroatoms. The summed E-state index contributed by atoms with van der Waals surface area (Å²) in [5, 5.41) is 13.8. The van der Waals surface area contributed by atoms with E-state index in [0.717, 1.165) is 24.9 Å². The van der Waals surface area contributed by atoms with Crippen molar-refractivity contribution in [2.24, 2.45) is 5.92 Å². The number of nitriles is 1. The van der Waals surface area contributed by atoms with E-state index in [4.69, 9.17) is 0 Å². The van der Waals surface area contributed by atoms with Crippen molar-refractivity contribution in [2.75, 3.05) is 13.1 Å². The van der Waals surface area contributed by atoms with Crippen LogP contribution in [0.1, 0.15) is 35.3 Å². The Hall–Kier alpha value is -2.94. The van der Waals surface area contributed by atoms with Crippen molar-refractivity contribution >= 4 is 11.7 Å². The number of hydrogen-bond acceptors (Lipinski definition) is 4. The molecule has 1 fully saturated rings. The van der Waals surface area contributed by atoms with Crippen LogP contribution in [0.5, 0.6) is 0 Å². The van der Waals surface area contributed by atoms with Crippen LogP contribution in [0.15, 0.2) is 36.5 Å². The second kappa shape index (κ2) is 7.31. The number of carbonyl (C=O) groups excluding carboxylic acids is 2. The molecule has 1 aliphatic heterocycles. The molecule has 0 N–H and O–H groups in total. The summed E-state index contributed by atoms with van der Waals surface area (Å²) in [4.78, 5) is 27.0. The Bertz CT molecular complexity index is 814. The molecular weight excluding hydrogens is 316 g/mol. The Labute approximate surface area is 146 Å². The highest BCUT2D eigenvalue weighted by atomic mass is 16.2. The van der Waals surface area contributed by atoms with Gasteiger partial charge in [0, 0.05) is 19.3 Å². The number of hydrogen-bond donors (Lipinski definition) is 0. The van der Waals surface area contributed by atoms with Crippen LogP contribution >= 0.6 is 0 Å². The summed E-state index contributed by atoms with van der Waals surface area (Å²) in [6.45, 7) is 2.95. The maximum atomic E-state index is 12.8. The van der Waals surface area contributed by atoms with Crippen LogP contribution < -0.4 is 0 Å². The normalized spacial score (nSPS) is 15.4. The van der Waals surface area contributed by atoms with Gasteiger partial charge < -0.3 is 4.90 Å². The zero-order valence-corrected chi connectivity index (χ0v) is 14.2. The van der Waals surface area contributed by atoms with Gasteiger partial charge in [0.1, 0.15) is 0 Å². The lowest BCUT2D eigenvalue weighted by atomic mass is 9.97. The standard InChI is InChI=1S/C19H20N4O2/c1-14-17(13-23(21-14)15-8-4-2-5-9-15)18(24)16(12-20)19(25)22-10-6-3-7-11-22/h2,4-5,8-9,13,16H,3,6-7,10-11H2,1H3. The minimum atomic E-state index is -1.30. The van der Waals surface area contributed by atoms with E-state index >= 15 is 0 Å². The van der Waals surface area contributed by atoms with Gasteiger partial charge in [-0.25, -0.2) is 4.68 Å². The number of benzene rings is 1. The third kappa shape index (κ3) is 3.45. The van der Waals surface area contributed by atoms with Gasteiger partial charge in [-0.1, -0.05) is 18.2 Å². The van der Waals surface area contributed by atoms with Crippen molar-refractivity contribution in [2.45, 2.75) is 26.2 Å². The summed E-state index contributed by atoms with van der Waals surface area (Å²) in [5.74, 6) is -2.16. The Morgan fingerprint density at radius 1 is 1.16 bits per heavy atom. The summed E-state index contributed by atoms with van der Waals surface area (Å²) < 4.78 is 1.60. The lowest BCUT2D eigenvalue weighted by Gasteiger charge is -2.27. The fraction of sp³-hybridized carbons (Fsp3) is 0.368. The zero-order chi connectivity index (χ0) is 17.8. The average Bonchev–Trinajstić information content (AvgIpc) is 3.05. The molecule has 0 aliphatic carbocycles. The monoisotopic (exact) mass is 336 g/mol. The van der Waals surface area contributed by atoms with Crippen molar-refractivity contribution in [3.05, 3.63) is 47.8 Å². The van der Waals surface area contributed by atoms with Crippen molar-refractivity contribution in [3.8, 4) is 11.8 Å². The van der Waals surface area contributed by atoms with Gasteiger partial charge >= 0.3 is 0 Å². The third-order valence-electron chi connectivity index (χ3n) is 4.49. The maximum absolute atomic E-state index is 12.8. The predicted octanol–water partition coefficient (Wildman–Crippen LogP) is 2.52. The first kappa shape index (κ1) is 16.9. The molecule has 1 aromatic heterocycles. The van der Waals surface area contributed by atoms with E-state index in [1.54, 1.807) is 22.7 Å². The van der Waals surface area contributed by atoms with Crippen LogP contribution in [-0.4, -0.2) is 39.5 Å². The van der Waals surface area contributed by atoms with Crippen molar-refractivity contribution in [1.82, 2.24) is 14.7 Å². The summed E-state index contributed by atoms with van der Waals surface area (Å²) in [5.41, 5.74) is 1.65. The Kier molecular flexibility index (Phi) is 4.94. The number of aromatic nitrogens is 2. The van der Waals surface area contributed by atoms with Crippen LogP contribution in [0.3, 0.4) is 0 Å². The molecule has 1 unspecified atom stereocenters. The molecule has 1 aliphatic rings. The quantitative estimate of drug-likeness (QED) is 0.635. The molecule has 128 valence electrons. The molecule has 0 spiro atoms. The molecule has 1 aromatic carbocycles. The highest BCUT2D eigenvalue weighted by Gasteiger charge is 2.33. The van der Waals surface area contributed by atoms with E-state index < -0.39 is 11.7 Å². The van der Waals surface area contributed by atoms with Gasteiger partial charge in [-0.15, -0.1) is 0 Å². The van der Waals surface area contributed by atoms with Crippen LogP contribution in [-0.2, 0) is 4.79 Å². The highest BCUT2D eigenvalue weighted by Crippen LogP contribution is 2.19. The lowest BCUT2D eigenvalue weighted by Crippen LogP contribution is -2.41. The van der Waals surface area contributed by atoms with E-state index in [-0.39, 0.29) is 5.91 Å². The molecule has 1 amide bonds. The van der Waals surface area contributed by atoms with Gasteiger partial charge in [-0.2, -0.15) is 10.4 Å². The van der Waals surface area contributed by atoms with E-state index in [0.29, 0.717) is 24.3 Å². The molecule has 2 aromatic rings. The maximum Gasteiger partial charge on any atom is 0.247 e.